The van der Waals surface area contributed by atoms with Crippen LogP contribution >= 0.6 is 0 Å². The average molecular weight is 364 g/mol. The Morgan fingerprint density at radius 2 is 1.77 bits per heavy atom. The molecule has 0 aliphatic carbocycles. The van der Waals surface area contributed by atoms with Crippen LogP contribution in [0.1, 0.15) is 52.1 Å². The summed E-state index contributed by atoms with van der Waals surface area (Å²) >= 11 is 0. The summed E-state index contributed by atoms with van der Waals surface area (Å²) in [6, 6.07) is 5.68. The van der Waals surface area contributed by atoms with E-state index in [1.54, 1.807) is 0 Å². The maximum atomic E-state index is 12.5. The van der Waals surface area contributed by atoms with Crippen molar-refractivity contribution in [1.82, 2.24) is 10.2 Å². The van der Waals surface area contributed by atoms with E-state index in [9.17, 15) is 4.79 Å². The van der Waals surface area contributed by atoms with Crippen molar-refractivity contribution in [3.05, 3.63) is 23.8 Å². The molecule has 0 aromatic heterocycles. The number of rotatable bonds is 8. The van der Waals surface area contributed by atoms with E-state index in [-0.39, 0.29) is 18.2 Å². The van der Waals surface area contributed by atoms with Crippen LogP contribution in [0.15, 0.2) is 18.2 Å². The minimum absolute atomic E-state index is 0.0284. The number of piperidine rings is 1. The van der Waals surface area contributed by atoms with Gasteiger partial charge in [0, 0.05) is 19.7 Å². The molecule has 26 heavy (non-hydrogen) atoms. The molecule has 6 nitrogen and oxygen atoms in total. The highest BCUT2D eigenvalue weighted by Gasteiger charge is 2.24. The molecule has 0 spiro atoms. The molecular weight excluding hydrogens is 332 g/mol. The zero-order valence-corrected chi connectivity index (χ0v) is 16.4. The quantitative estimate of drug-likeness (QED) is 0.763. The van der Waals surface area contributed by atoms with Crippen molar-refractivity contribution in [3.63, 3.8) is 0 Å². The van der Waals surface area contributed by atoms with Crippen molar-refractivity contribution in [2.75, 3.05) is 32.9 Å². The molecular formula is C20H32N2O4. The molecule has 1 aliphatic heterocycles. The van der Waals surface area contributed by atoms with Crippen molar-refractivity contribution >= 4 is 6.03 Å². The molecule has 1 aliphatic rings. The summed E-state index contributed by atoms with van der Waals surface area (Å²) in [5.74, 6) is 1.44. The predicted octanol–water partition coefficient (Wildman–Crippen LogP) is 3.76. The maximum Gasteiger partial charge on any atom is 0.317 e. The first-order chi connectivity index (χ1) is 12.6. The second kappa shape index (κ2) is 10.3. The molecule has 146 valence electrons. The Kier molecular flexibility index (Phi) is 8.04. The third-order valence-corrected chi connectivity index (χ3v) is 4.54. The number of hydrogen-bond donors (Lipinski definition) is 1. The molecule has 1 heterocycles. The third kappa shape index (κ3) is 5.53. The maximum absolute atomic E-state index is 12.5. The molecule has 1 N–H and O–H groups in total. The predicted molar refractivity (Wildman–Crippen MR) is 102 cm³/mol. The summed E-state index contributed by atoms with van der Waals surface area (Å²) in [6.45, 7) is 11.2. The highest BCUT2D eigenvalue weighted by Crippen LogP contribution is 2.30. The Morgan fingerprint density at radius 3 is 2.38 bits per heavy atom. The standard InChI is InChI=1S/C20H32N2O4/c1-5-24-17-10-12-22(13-11-17)20(23)21-15(4)16-8-9-18(25-6-2)19(14-16)26-7-3/h8-9,14-15,17H,5-7,10-13H2,1-4H3,(H,21,23)/t15-/m0/s1. The molecule has 2 rings (SSSR count). The summed E-state index contributed by atoms with van der Waals surface area (Å²) in [5, 5.41) is 3.08. The van der Waals surface area contributed by atoms with E-state index >= 15 is 0 Å². The van der Waals surface area contributed by atoms with Crippen LogP contribution in [0.5, 0.6) is 11.5 Å². The minimum atomic E-state index is -0.109. The van der Waals surface area contributed by atoms with Crippen LogP contribution < -0.4 is 14.8 Å². The van der Waals surface area contributed by atoms with Gasteiger partial charge in [-0.3, -0.25) is 0 Å². The Hall–Kier alpha value is -1.95. The molecule has 1 saturated heterocycles. The second-order valence-corrected chi connectivity index (χ2v) is 6.39. The number of carbonyl (C=O) groups is 1. The van der Waals surface area contributed by atoms with Crippen molar-refractivity contribution in [2.24, 2.45) is 0 Å². The van der Waals surface area contributed by atoms with Crippen LogP contribution in [0.4, 0.5) is 4.79 Å². The number of amides is 2. The van der Waals surface area contributed by atoms with E-state index in [2.05, 4.69) is 5.32 Å². The number of nitrogens with zero attached hydrogens (tertiary/aromatic N) is 1. The summed E-state index contributed by atoms with van der Waals surface area (Å²) in [4.78, 5) is 14.4. The Morgan fingerprint density at radius 1 is 1.12 bits per heavy atom. The van der Waals surface area contributed by atoms with Gasteiger partial charge in [0.2, 0.25) is 0 Å². The first-order valence-corrected chi connectivity index (χ1v) is 9.65. The van der Waals surface area contributed by atoms with Gasteiger partial charge in [-0.1, -0.05) is 6.07 Å². The van der Waals surface area contributed by atoms with Gasteiger partial charge in [-0.05, 0) is 58.2 Å². The SMILES string of the molecule is CCOc1ccc([C@H](C)NC(=O)N2CCC(OCC)CC2)cc1OCC. The molecule has 1 atom stereocenters. The lowest BCUT2D eigenvalue weighted by Crippen LogP contribution is -2.46. The molecule has 0 radical (unpaired) electrons. The van der Waals surface area contributed by atoms with E-state index < -0.39 is 0 Å². The number of carbonyl (C=O) groups excluding carboxylic acids is 1. The third-order valence-electron chi connectivity index (χ3n) is 4.54. The molecule has 1 aromatic carbocycles. The lowest BCUT2D eigenvalue weighted by molar-refractivity contribution is 0.0218. The zero-order chi connectivity index (χ0) is 18.9. The van der Waals surface area contributed by atoms with Crippen LogP contribution in [0.2, 0.25) is 0 Å². The normalized spacial score (nSPS) is 16.2. The molecule has 0 bridgehead atoms. The molecule has 0 unspecified atom stereocenters. The van der Waals surface area contributed by atoms with Crippen LogP contribution in [0.25, 0.3) is 0 Å². The molecule has 6 heteroatoms. The smallest absolute Gasteiger partial charge is 0.317 e. The van der Waals surface area contributed by atoms with Gasteiger partial charge in [0.05, 0.1) is 25.4 Å². The van der Waals surface area contributed by atoms with Gasteiger partial charge in [-0.15, -0.1) is 0 Å². The van der Waals surface area contributed by atoms with Crippen LogP contribution in [-0.4, -0.2) is 49.9 Å². The summed E-state index contributed by atoms with van der Waals surface area (Å²) in [5.41, 5.74) is 0.995. The van der Waals surface area contributed by atoms with Gasteiger partial charge in [0.1, 0.15) is 0 Å². The summed E-state index contributed by atoms with van der Waals surface area (Å²) in [7, 11) is 0. The highest BCUT2D eigenvalue weighted by molar-refractivity contribution is 5.74. The van der Waals surface area contributed by atoms with Crippen LogP contribution in [0.3, 0.4) is 0 Å². The van der Waals surface area contributed by atoms with E-state index in [0.29, 0.717) is 19.0 Å². The summed E-state index contributed by atoms with van der Waals surface area (Å²) in [6.07, 6.45) is 2.07. The number of likely N-dealkylation sites (tertiary alicyclic amines) is 1. The Bertz CT molecular complexity index is 571. The number of nitrogens with one attached hydrogen (secondary N) is 1. The monoisotopic (exact) mass is 364 g/mol. The lowest BCUT2D eigenvalue weighted by atomic mass is 10.1. The zero-order valence-electron chi connectivity index (χ0n) is 16.4. The van der Waals surface area contributed by atoms with Crippen molar-refractivity contribution in [3.8, 4) is 11.5 Å². The largest absolute Gasteiger partial charge is 0.490 e. The van der Waals surface area contributed by atoms with E-state index in [1.165, 1.54) is 0 Å². The fraction of sp³-hybridized carbons (Fsp3) is 0.650. The van der Waals surface area contributed by atoms with Crippen molar-refractivity contribution < 1.29 is 19.0 Å². The first-order valence-electron chi connectivity index (χ1n) is 9.65. The van der Waals surface area contributed by atoms with Gasteiger partial charge in [-0.2, -0.15) is 0 Å². The molecule has 0 saturated carbocycles. The fourth-order valence-corrected chi connectivity index (χ4v) is 3.16. The second-order valence-electron chi connectivity index (χ2n) is 6.39. The van der Waals surface area contributed by atoms with Crippen LogP contribution in [-0.2, 0) is 4.74 Å². The van der Waals surface area contributed by atoms with Crippen LogP contribution in [0, 0.1) is 0 Å². The Balaban J connectivity index is 1.95. The van der Waals surface area contributed by atoms with Gasteiger partial charge < -0.3 is 24.4 Å². The van der Waals surface area contributed by atoms with Crippen molar-refractivity contribution in [1.29, 1.82) is 0 Å². The topological polar surface area (TPSA) is 60.0 Å². The van der Waals surface area contributed by atoms with E-state index in [1.807, 2.05) is 50.8 Å². The molecule has 2 amide bonds. The van der Waals surface area contributed by atoms with E-state index in [4.69, 9.17) is 14.2 Å². The summed E-state index contributed by atoms with van der Waals surface area (Å²) < 4.78 is 16.9. The fourth-order valence-electron chi connectivity index (χ4n) is 3.16. The lowest BCUT2D eigenvalue weighted by Gasteiger charge is -2.32. The van der Waals surface area contributed by atoms with Crippen molar-refractivity contribution in [2.45, 2.75) is 52.7 Å². The molecule has 1 aromatic rings. The van der Waals surface area contributed by atoms with E-state index in [0.717, 1.165) is 43.9 Å². The Labute approximate surface area is 156 Å². The number of ether oxygens (including phenoxy) is 3. The number of urea groups is 1. The van der Waals surface area contributed by atoms with Gasteiger partial charge in [0.25, 0.3) is 0 Å². The number of hydrogen-bond acceptors (Lipinski definition) is 4. The van der Waals surface area contributed by atoms with Gasteiger partial charge in [0.15, 0.2) is 11.5 Å². The first kappa shape index (κ1) is 20.4. The average Bonchev–Trinajstić information content (AvgIpc) is 2.64. The number of benzene rings is 1. The molecule has 1 fully saturated rings. The minimum Gasteiger partial charge on any atom is -0.490 e. The van der Waals surface area contributed by atoms with Gasteiger partial charge in [-0.25, -0.2) is 4.79 Å². The highest BCUT2D eigenvalue weighted by atomic mass is 16.5. The van der Waals surface area contributed by atoms with Gasteiger partial charge >= 0.3 is 6.03 Å².